The van der Waals surface area contributed by atoms with Gasteiger partial charge in [-0.3, -0.25) is 0 Å². The number of thiophene rings is 1. The number of halogens is 2. The van der Waals surface area contributed by atoms with Gasteiger partial charge >= 0.3 is 0 Å². The van der Waals surface area contributed by atoms with Crippen molar-refractivity contribution in [3.8, 4) is 0 Å². The Labute approximate surface area is 125 Å². The van der Waals surface area contributed by atoms with Crippen LogP contribution in [0.2, 0.25) is 0 Å². The van der Waals surface area contributed by atoms with Crippen LogP contribution in [0.4, 0.5) is 4.39 Å². The van der Waals surface area contributed by atoms with E-state index in [2.05, 4.69) is 27.3 Å². The van der Waals surface area contributed by atoms with Gasteiger partial charge in [0.2, 0.25) is 0 Å². The number of benzene rings is 1. The van der Waals surface area contributed by atoms with Gasteiger partial charge in [-0.25, -0.2) is 4.39 Å². The van der Waals surface area contributed by atoms with E-state index in [0.717, 1.165) is 16.6 Å². The molecule has 0 unspecified atom stereocenters. The Bertz CT molecular complexity index is 572. The van der Waals surface area contributed by atoms with Crippen molar-refractivity contribution in [2.24, 2.45) is 0 Å². The highest BCUT2D eigenvalue weighted by Crippen LogP contribution is 2.30. The molecular weight excluding hydrogens is 325 g/mol. The van der Waals surface area contributed by atoms with Gasteiger partial charge in [-0.05, 0) is 54.7 Å². The highest BCUT2D eigenvalue weighted by molar-refractivity contribution is 9.10. The van der Waals surface area contributed by atoms with Gasteiger partial charge in [-0.15, -0.1) is 11.3 Å². The maximum absolute atomic E-state index is 13.2. The van der Waals surface area contributed by atoms with Crippen molar-refractivity contribution in [2.45, 2.75) is 32.4 Å². The highest BCUT2D eigenvalue weighted by atomic mass is 79.9. The van der Waals surface area contributed by atoms with E-state index < -0.39 is 0 Å². The summed E-state index contributed by atoms with van der Waals surface area (Å²) in [6.45, 7) is 1.54. The van der Waals surface area contributed by atoms with E-state index in [-0.39, 0.29) is 5.82 Å². The smallest absolute Gasteiger partial charge is 0.123 e. The Kier molecular flexibility index (Phi) is 4.01. The molecule has 0 atom stereocenters. The third kappa shape index (κ3) is 3.07. The van der Waals surface area contributed by atoms with Gasteiger partial charge in [0.1, 0.15) is 5.82 Å². The van der Waals surface area contributed by atoms with E-state index in [1.807, 2.05) is 11.3 Å². The zero-order valence-electron chi connectivity index (χ0n) is 10.5. The Morgan fingerprint density at radius 2 is 2.11 bits per heavy atom. The monoisotopic (exact) mass is 339 g/mol. The number of nitrogens with one attached hydrogen (secondary N) is 1. The lowest BCUT2D eigenvalue weighted by Gasteiger charge is -2.06. The minimum atomic E-state index is -0.185. The van der Waals surface area contributed by atoms with Crippen molar-refractivity contribution in [1.82, 2.24) is 5.32 Å². The van der Waals surface area contributed by atoms with Crippen LogP contribution in [-0.4, -0.2) is 0 Å². The molecule has 1 aromatic heterocycles. The van der Waals surface area contributed by atoms with Crippen molar-refractivity contribution in [3.63, 3.8) is 0 Å². The molecule has 0 saturated heterocycles. The molecule has 19 heavy (non-hydrogen) atoms. The summed E-state index contributed by atoms with van der Waals surface area (Å²) in [5.74, 6) is -0.185. The lowest BCUT2D eigenvalue weighted by Crippen LogP contribution is -2.12. The van der Waals surface area contributed by atoms with Crippen LogP contribution < -0.4 is 5.32 Å². The molecule has 0 saturated carbocycles. The summed E-state index contributed by atoms with van der Waals surface area (Å²) in [7, 11) is 0. The molecule has 0 spiro atoms. The summed E-state index contributed by atoms with van der Waals surface area (Å²) in [4.78, 5) is 2.95. The van der Waals surface area contributed by atoms with Crippen molar-refractivity contribution in [2.75, 3.05) is 0 Å². The van der Waals surface area contributed by atoms with Gasteiger partial charge in [-0.2, -0.15) is 0 Å². The van der Waals surface area contributed by atoms with Gasteiger partial charge in [0, 0.05) is 27.3 Å². The summed E-state index contributed by atoms with van der Waals surface area (Å²) in [6, 6.07) is 7.12. The normalized spacial score (nSPS) is 13.8. The Balaban J connectivity index is 1.59. The predicted molar refractivity (Wildman–Crippen MR) is 81.0 cm³/mol. The van der Waals surface area contributed by atoms with Crippen LogP contribution in [0.5, 0.6) is 0 Å². The lowest BCUT2D eigenvalue weighted by molar-refractivity contribution is 0.619. The Hall–Kier alpha value is -0.710. The first kappa shape index (κ1) is 13.3. The Morgan fingerprint density at radius 3 is 2.95 bits per heavy atom. The quantitative estimate of drug-likeness (QED) is 0.868. The fourth-order valence-electron chi connectivity index (χ4n) is 2.48. The van der Waals surface area contributed by atoms with Gasteiger partial charge in [0.05, 0.1) is 0 Å². The molecule has 0 fully saturated rings. The minimum Gasteiger partial charge on any atom is -0.308 e. The van der Waals surface area contributed by atoms with Crippen molar-refractivity contribution >= 4 is 27.3 Å². The molecule has 1 aliphatic rings. The van der Waals surface area contributed by atoms with E-state index in [1.165, 1.54) is 35.8 Å². The van der Waals surface area contributed by atoms with E-state index in [0.29, 0.717) is 6.54 Å². The van der Waals surface area contributed by atoms with Crippen LogP contribution in [0, 0.1) is 5.82 Å². The highest BCUT2D eigenvalue weighted by Gasteiger charge is 2.14. The minimum absolute atomic E-state index is 0.185. The summed E-state index contributed by atoms with van der Waals surface area (Å²) < 4.78 is 14.1. The van der Waals surface area contributed by atoms with Gasteiger partial charge < -0.3 is 5.32 Å². The number of aryl methyl sites for hydroxylation is 2. The molecule has 0 aliphatic heterocycles. The molecule has 4 heteroatoms. The molecule has 0 radical (unpaired) electrons. The van der Waals surface area contributed by atoms with Crippen LogP contribution in [0.1, 0.15) is 27.3 Å². The van der Waals surface area contributed by atoms with Crippen LogP contribution >= 0.6 is 27.3 Å². The first-order chi connectivity index (χ1) is 9.22. The zero-order valence-corrected chi connectivity index (χ0v) is 12.9. The second kappa shape index (κ2) is 5.73. The first-order valence-electron chi connectivity index (χ1n) is 6.47. The Morgan fingerprint density at radius 1 is 1.21 bits per heavy atom. The maximum Gasteiger partial charge on any atom is 0.123 e. The molecule has 2 aromatic rings. The van der Waals surface area contributed by atoms with Crippen molar-refractivity contribution < 1.29 is 4.39 Å². The number of hydrogen-bond acceptors (Lipinski definition) is 2. The number of rotatable bonds is 4. The molecular formula is C15H15BrFNS. The standard InChI is InChI=1S/C15H15BrFNS/c16-14-5-4-12(17)6-11(14)8-18-9-13-7-10-2-1-3-15(10)19-13/h4-7,18H,1-3,8-9H2. The first-order valence-corrected chi connectivity index (χ1v) is 8.08. The molecule has 1 aliphatic carbocycles. The third-order valence-corrected chi connectivity index (χ3v) is 5.43. The van der Waals surface area contributed by atoms with Crippen LogP contribution in [0.3, 0.4) is 0 Å². The SMILES string of the molecule is Fc1ccc(Br)c(CNCc2cc3c(s2)CCC3)c1. The molecule has 0 amide bonds. The van der Waals surface area contributed by atoms with E-state index >= 15 is 0 Å². The number of hydrogen-bond donors (Lipinski definition) is 1. The molecule has 3 rings (SSSR count). The lowest BCUT2D eigenvalue weighted by atomic mass is 10.2. The summed E-state index contributed by atoms with van der Waals surface area (Å²) >= 11 is 5.37. The summed E-state index contributed by atoms with van der Waals surface area (Å²) in [5.41, 5.74) is 2.50. The van der Waals surface area contributed by atoms with Crippen LogP contribution in [0.15, 0.2) is 28.7 Å². The fraction of sp³-hybridized carbons (Fsp3) is 0.333. The summed E-state index contributed by atoms with van der Waals surface area (Å²) in [6.07, 6.45) is 3.79. The second-order valence-corrected chi connectivity index (χ2v) is 6.93. The zero-order chi connectivity index (χ0) is 13.2. The molecule has 1 nitrogen and oxygen atoms in total. The predicted octanol–water partition coefficient (Wildman–Crippen LogP) is 4.43. The third-order valence-electron chi connectivity index (χ3n) is 3.42. The topological polar surface area (TPSA) is 12.0 Å². The maximum atomic E-state index is 13.2. The van der Waals surface area contributed by atoms with Crippen molar-refractivity contribution in [3.05, 3.63) is 55.4 Å². The molecule has 1 heterocycles. The largest absolute Gasteiger partial charge is 0.308 e. The van der Waals surface area contributed by atoms with Gasteiger partial charge in [0.25, 0.3) is 0 Å². The fourth-order valence-corrected chi connectivity index (χ4v) is 4.09. The molecule has 1 N–H and O–H groups in total. The van der Waals surface area contributed by atoms with Crippen molar-refractivity contribution in [1.29, 1.82) is 0 Å². The van der Waals surface area contributed by atoms with E-state index in [9.17, 15) is 4.39 Å². The molecule has 1 aromatic carbocycles. The average molecular weight is 340 g/mol. The molecule has 0 bridgehead atoms. The van der Waals surface area contributed by atoms with Gasteiger partial charge in [0.15, 0.2) is 0 Å². The van der Waals surface area contributed by atoms with Gasteiger partial charge in [-0.1, -0.05) is 15.9 Å². The molecule has 100 valence electrons. The number of fused-ring (bicyclic) bond motifs is 1. The average Bonchev–Trinajstić information content (AvgIpc) is 2.94. The van der Waals surface area contributed by atoms with Crippen LogP contribution in [0.25, 0.3) is 0 Å². The van der Waals surface area contributed by atoms with E-state index in [1.54, 1.807) is 17.0 Å². The summed E-state index contributed by atoms with van der Waals surface area (Å²) in [5, 5.41) is 3.39. The second-order valence-electron chi connectivity index (χ2n) is 4.85. The van der Waals surface area contributed by atoms with Crippen LogP contribution in [-0.2, 0) is 25.9 Å². The van der Waals surface area contributed by atoms with E-state index in [4.69, 9.17) is 0 Å².